The second-order valence-electron chi connectivity index (χ2n) is 14.0. The predicted molar refractivity (Wildman–Crippen MR) is 228 cm³/mol. The van der Waals surface area contributed by atoms with Crippen molar-refractivity contribution in [1.82, 2.24) is 19.5 Å². The average Bonchev–Trinajstić information content (AvgIpc) is 3.93. The first-order chi connectivity index (χ1) is 27.3. The van der Waals surface area contributed by atoms with E-state index < -0.39 is 0 Å². The van der Waals surface area contributed by atoms with Crippen molar-refractivity contribution in [2.75, 3.05) is 0 Å². The fourth-order valence-corrected chi connectivity index (χ4v) is 9.61. The molecule has 0 radical (unpaired) electrons. The molecule has 6 heteroatoms. The van der Waals surface area contributed by atoms with Gasteiger partial charge >= 0.3 is 0 Å². The lowest BCUT2D eigenvalue weighted by atomic mass is 10.0. The van der Waals surface area contributed by atoms with Crippen LogP contribution in [0.4, 0.5) is 0 Å². The van der Waals surface area contributed by atoms with E-state index in [1.807, 2.05) is 48.5 Å². The summed E-state index contributed by atoms with van der Waals surface area (Å²) < 4.78 is 11.1. The summed E-state index contributed by atoms with van der Waals surface area (Å²) in [6.07, 6.45) is 0. The van der Waals surface area contributed by atoms with Gasteiger partial charge in [-0.3, -0.25) is 0 Å². The topological polar surface area (TPSA) is 56.7 Å². The number of hydrogen-bond acceptors (Lipinski definition) is 5. The van der Waals surface area contributed by atoms with Crippen molar-refractivity contribution in [3.8, 4) is 39.9 Å². The van der Waals surface area contributed by atoms with Crippen LogP contribution in [-0.4, -0.2) is 19.5 Å². The molecule has 0 aliphatic rings. The van der Waals surface area contributed by atoms with Gasteiger partial charge in [-0.1, -0.05) is 127 Å². The summed E-state index contributed by atoms with van der Waals surface area (Å²) in [6.45, 7) is 0. The molecule has 256 valence electrons. The Hall–Kier alpha value is -7.15. The van der Waals surface area contributed by atoms with Crippen molar-refractivity contribution in [3.63, 3.8) is 0 Å². The largest absolute Gasteiger partial charge is 0.456 e. The Morgan fingerprint density at radius 2 is 1.13 bits per heavy atom. The Morgan fingerprint density at radius 3 is 2.02 bits per heavy atom. The standard InChI is InChI=1S/C49H28N4OS/c1-2-14-30(15-3-1)47-50-48(36-20-12-23-42-45(36)35-19-7-10-22-41(35)54-42)52-49(51-47)38-28-31(27-37-33-17-8-11-24-43(33)55-46(37)38)53-39-21-9-6-18-34(39)44-32-16-5-4-13-29(32)25-26-40(44)53/h1-28H. The van der Waals surface area contributed by atoms with Crippen LogP contribution >= 0.6 is 11.3 Å². The zero-order valence-corrected chi connectivity index (χ0v) is 30.1. The highest BCUT2D eigenvalue weighted by Gasteiger charge is 2.22. The minimum atomic E-state index is 0.601. The van der Waals surface area contributed by atoms with Crippen LogP contribution in [0, 0.1) is 0 Å². The monoisotopic (exact) mass is 720 g/mol. The van der Waals surface area contributed by atoms with Crippen LogP contribution in [0.5, 0.6) is 0 Å². The molecule has 0 bridgehead atoms. The van der Waals surface area contributed by atoms with Gasteiger partial charge in [-0.15, -0.1) is 11.3 Å². The molecule has 55 heavy (non-hydrogen) atoms. The highest BCUT2D eigenvalue weighted by molar-refractivity contribution is 7.26. The van der Waals surface area contributed by atoms with E-state index >= 15 is 0 Å². The third-order valence-electron chi connectivity index (χ3n) is 10.8. The quantitative estimate of drug-likeness (QED) is 0.182. The Kier molecular flexibility index (Phi) is 6.44. The summed E-state index contributed by atoms with van der Waals surface area (Å²) in [7, 11) is 0. The van der Waals surface area contributed by atoms with Crippen LogP contribution in [0.3, 0.4) is 0 Å². The molecule has 0 amide bonds. The van der Waals surface area contributed by atoms with E-state index in [2.05, 4.69) is 126 Å². The zero-order chi connectivity index (χ0) is 36.0. The second-order valence-corrected chi connectivity index (χ2v) is 15.0. The Balaban J connectivity index is 1.20. The fourth-order valence-electron chi connectivity index (χ4n) is 8.42. The summed E-state index contributed by atoms with van der Waals surface area (Å²) in [6, 6.07) is 59.6. The van der Waals surface area contributed by atoms with Crippen LogP contribution in [0.2, 0.25) is 0 Å². The van der Waals surface area contributed by atoms with Crippen LogP contribution in [-0.2, 0) is 0 Å². The molecule has 0 saturated carbocycles. The number of benzene rings is 8. The number of rotatable bonds is 4. The Morgan fingerprint density at radius 1 is 0.436 bits per heavy atom. The summed E-state index contributed by atoms with van der Waals surface area (Å²) in [4.78, 5) is 15.8. The van der Waals surface area contributed by atoms with Crippen LogP contribution < -0.4 is 0 Å². The fraction of sp³-hybridized carbons (Fsp3) is 0. The summed E-state index contributed by atoms with van der Waals surface area (Å²) >= 11 is 1.78. The van der Waals surface area contributed by atoms with Gasteiger partial charge in [0.05, 0.1) is 11.0 Å². The molecule has 5 nitrogen and oxygen atoms in total. The molecule has 0 aliphatic carbocycles. The normalized spacial score (nSPS) is 12.0. The molecule has 4 aromatic heterocycles. The lowest BCUT2D eigenvalue weighted by Crippen LogP contribution is -2.01. The summed E-state index contributed by atoms with van der Waals surface area (Å²) in [5.74, 6) is 1.84. The van der Waals surface area contributed by atoms with Crippen molar-refractivity contribution in [2.24, 2.45) is 0 Å². The molecule has 0 aliphatic heterocycles. The smallest absolute Gasteiger partial charge is 0.165 e. The predicted octanol–water partition coefficient (Wildman–Crippen LogP) is 13.4. The number of para-hydroxylation sites is 2. The molecular formula is C49H28N4OS. The molecule has 12 rings (SSSR count). The number of aromatic nitrogens is 4. The van der Waals surface area contributed by atoms with E-state index in [0.717, 1.165) is 60.0 Å². The zero-order valence-electron chi connectivity index (χ0n) is 29.3. The molecular weight excluding hydrogens is 693 g/mol. The molecule has 0 saturated heterocycles. The first kappa shape index (κ1) is 30.3. The van der Waals surface area contributed by atoms with Crippen molar-refractivity contribution >= 4 is 86.0 Å². The SMILES string of the molecule is c1ccc(-c2nc(-c3cc(-n4c5ccccc5c5c6ccccc6ccc54)cc4c3sc3ccccc34)nc(-c3cccc4oc5ccccc5c34)n2)cc1. The van der Waals surface area contributed by atoms with Crippen LogP contribution in [0.25, 0.3) is 115 Å². The van der Waals surface area contributed by atoms with Gasteiger partial charge in [-0.2, -0.15) is 0 Å². The second kappa shape index (κ2) is 11.7. The van der Waals surface area contributed by atoms with E-state index in [4.69, 9.17) is 19.4 Å². The molecule has 0 unspecified atom stereocenters. The van der Waals surface area contributed by atoms with Gasteiger partial charge in [0, 0.05) is 64.1 Å². The van der Waals surface area contributed by atoms with Crippen molar-refractivity contribution in [2.45, 2.75) is 0 Å². The third kappa shape index (κ3) is 4.55. The van der Waals surface area contributed by atoms with Crippen molar-refractivity contribution < 1.29 is 4.42 Å². The summed E-state index contributed by atoms with van der Waals surface area (Å²) in [5, 5.41) is 9.35. The Labute approximate surface area is 318 Å². The van der Waals surface area contributed by atoms with E-state index in [9.17, 15) is 0 Å². The first-order valence-corrected chi connectivity index (χ1v) is 19.2. The van der Waals surface area contributed by atoms with E-state index in [1.54, 1.807) is 11.3 Å². The van der Waals surface area contributed by atoms with Gasteiger partial charge in [-0.25, -0.2) is 15.0 Å². The van der Waals surface area contributed by atoms with E-state index in [0.29, 0.717) is 17.5 Å². The van der Waals surface area contributed by atoms with Gasteiger partial charge in [0.15, 0.2) is 17.5 Å². The first-order valence-electron chi connectivity index (χ1n) is 18.4. The number of furan rings is 1. The molecule has 0 atom stereocenters. The lowest BCUT2D eigenvalue weighted by molar-refractivity contribution is 0.669. The molecule has 0 N–H and O–H groups in total. The van der Waals surface area contributed by atoms with Gasteiger partial charge in [0.25, 0.3) is 0 Å². The highest BCUT2D eigenvalue weighted by atomic mass is 32.1. The van der Waals surface area contributed by atoms with E-state index in [1.165, 1.54) is 37.0 Å². The average molecular weight is 721 g/mol. The highest BCUT2D eigenvalue weighted by Crippen LogP contribution is 2.44. The molecule has 12 aromatic rings. The van der Waals surface area contributed by atoms with Crippen LogP contribution in [0.15, 0.2) is 174 Å². The maximum absolute atomic E-state index is 6.32. The van der Waals surface area contributed by atoms with Gasteiger partial charge in [0.1, 0.15) is 11.2 Å². The Bertz CT molecular complexity index is 3500. The lowest BCUT2D eigenvalue weighted by Gasteiger charge is -2.13. The molecule has 0 spiro atoms. The number of hydrogen-bond donors (Lipinski definition) is 0. The van der Waals surface area contributed by atoms with Gasteiger partial charge in [-0.05, 0) is 53.2 Å². The van der Waals surface area contributed by atoms with Crippen LogP contribution in [0.1, 0.15) is 0 Å². The van der Waals surface area contributed by atoms with Crippen molar-refractivity contribution in [3.05, 3.63) is 170 Å². The number of thiophene rings is 1. The molecule has 8 aromatic carbocycles. The maximum Gasteiger partial charge on any atom is 0.165 e. The third-order valence-corrected chi connectivity index (χ3v) is 12.1. The molecule has 4 heterocycles. The minimum Gasteiger partial charge on any atom is -0.456 e. The number of nitrogens with zero attached hydrogens (tertiary/aromatic N) is 4. The van der Waals surface area contributed by atoms with E-state index in [-0.39, 0.29) is 0 Å². The van der Waals surface area contributed by atoms with Crippen molar-refractivity contribution in [1.29, 1.82) is 0 Å². The van der Waals surface area contributed by atoms with Gasteiger partial charge < -0.3 is 8.98 Å². The minimum absolute atomic E-state index is 0.601. The van der Waals surface area contributed by atoms with Gasteiger partial charge in [0.2, 0.25) is 0 Å². The summed E-state index contributed by atoms with van der Waals surface area (Å²) in [5.41, 5.74) is 7.79. The molecule has 0 fully saturated rings. The number of fused-ring (bicyclic) bond motifs is 11. The maximum atomic E-state index is 6.32.